The average molecular weight is 331 g/mol. The van der Waals surface area contributed by atoms with Gasteiger partial charge in [-0.15, -0.1) is 11.3 Å². The maximum absolute atomic E-state index is 12.5. The van der Waals surface area contributed by atoms with Crippen molar-refractivity contribution in [2.75, 3.05) is 20.2 Å². The predicted octanol–water partition coefficient (Wildman–Crippen LogP) is 1.86. The molecule has 2 saturated heterocycles. The van der Waals surface area contributed by atoms with Crippen LogP contribution in [0.3, 0.4) is 0 Å². The SMILES string of the molecule is COC(=O)c1csc2cnc(C(=O)NC3CC4CCN3C4)cc12. The number of piperidine rings is 1. The standard InChI is InChI=1S/C16H17N3O3S/c1-22-16(21)11-8-23-13-6-17-12(5-10(11)13)15(20)18-14-4-9-2-3-19(14)7-9/h5-6,8-9,14H,2-4,7H2,1H3,(H,18,20). The van der Waals surface area contributed by atoms with Crippen LogP contribution in [0.1, 0.15) is 33.7 Å². The summed E-state index contributed by atoms with van der Waals surface area (Å²) < 4.78 is 5.65. The number of carbonyl (C=O) groups excluding carboxylic acids is 2. The van der Waals surface area contributed by atoms with E-state index in [9.17, 15) is 9.59 Å². The summed E-state index contributed by atoms with van der Waals surface area (Å²) in [6, 6.07) is 1.68. The maximum Gasteiger partial charge on any atom is 0.339 e. The summed E-state index contributed by atoms with van der Waals surface area (Å²) in [5.41, 5.74) is 0.817. The Bertz CT molecular complexity index is 788. The van der Waals surface area contributed by atoms with Crippen molar-refractivity contribution in [3.8, 4) is 0 Å². The molecule has 0 spiro atoms. The Kier molecular flexibility index (Phi) is 3.54. The van der Waals surface area contributed by atoms with Crippen LogP contribution in [0.25, 0.3) is 10.1 Å². The molecule has 2 aromatic heterocycles. The number of ether oxygens (including phenoxy) is 1. The number of methoxy groups -OCH3 is 1. The largest absolute Gasteiger partial charge is 0.465 e. The van der Waals surface area contributed by atoms with E-state index in [2.05, 4.69) is 15.2 Å². The molecule has 0 aliphatic carbocycles. The highest BCUT2D eigenvalue weighted by atomic mass is 32.1. The lowest BCUT2D eigenvalue weighted by Crippen LogP contribution is -2.45. The molecule has 0 aromatic carbocycles. The molecule has 4 heterocycles. The normalized spacial score (nSPS) is 25.7. The summed E-state index contributed by atoms with van der Waals surface area (Å²) in [6.07, 6.45) is 4.00. The number of thiophene rings is 1. The first-order valence-corrected chi connectivity index (χ1v) is 8.54. The molecule has 3 atom stereocenters. The van der Waals surface area contributed by atoms with Gasteiger partial charge in [-0.2, -0.15) is 0 Å². The second-order valence-electron chi connectivity index (χ2n) is 6.08. The molecule has 0 saturated carbocycles. The van der Waals surface area contributed by atoms with Gasteiger partial charge in [-0.25, -0.2) is 9.78 Å². The van der Waals surface area contributed by atoms with Crippen molar-refractivity contribution in [3.05, 3.63) is 28.9 Å². The van der Waals surface area contributed by atoms with Gasteiger partial charge in [-0.1, -0.05) is 0 Å². The molecule has 23 heavy (non-hydrogen) atoms. The molecule has 3 unspecified atom stereocenters. The van der Waals surface area contributed by atoms with Gasteiger partial charge in [0.15, 0.2) is 0 Å². The van der Waals surface area contributed by atoms with Gasteiger partial charge in [0.25, 0.3) is 5.91 Å². The third kappa shape index (κ3) is 2.49. The molecule has 1 N–H and O–H groups in total. The fourth-order valence-electron chi connectivity index (χ4n) is 3.50. The van der Waals surface area contributed by atoms with Crippen LogP contribution in [0, 0.1) is 5.92 Å². The minimum atomic E-state index is -0.395. The molecular formula is C16H17N3O3S. The van der Waals surface area contributed by atoms with Gasteiger partial charge in [0, 0.05) is 30.1 Å². The summed E-state index contributed by atoms with van der Waals surface area (Å²) >= 11 is 1.42. The first-order valence-electron chi connectivity index (χ1n) is 7.66. The van der Waals surface area contributed by atoms with Gasteiger partial charge in [-0.3, -0.25) is 9.69 Å². The predicted molar refractivity (Wildman–Crippen MR) is 86.5 cm³/mol. The first kappa shape index (κ1) is 14.6. The van der Waals surface area contributed by atoms with Crippen molar-refractivity contribution in [1.29, 1.82) is 0 Å². The van der Waals surface area contributed by atoms with E-state index in [1.807, 2.05) is 0 Å². The number of fused-ring (bicyclic) bond motifs is 3. The van der Waals surface area contributed by atoms with E-state index in [4.69, 9.17) is 4.74 Å². The third-order valence-electron chi connectivity index (χ3n) is 4.71. The van der Waals surface area contributed by atoms with Gasteiger partial charge in [0.05, 0.1) is 23.5 Å². The van der Waals surface area contributed by atoms with E-state index < -0.39 is 5.97 Å². The molecule has 7 heteroatoms. The number of esters is 1. The lowest BCUT2D eigenvalue weighted by Gasteiger charge is -2.25. The van der Waals surface area contributed by atoms with Crippen LogP contribution in [-0.4, -0.2) is 48.1 Å². The van der Waals surface area contributed by atoms with E-state index in [1.54, 1.807) is 17.6 Å². The monoisotopic (exact) mass is 331 g/mol. The molecule has 4 rings (SSSR count). The number of hydrogen-bond donors (Lipinski definition) is 1. The highest BCUT2D eigenvalue weighted by Gasteiger charge is 2.38. The van der Waals surface area contributed by atoms with Gasteiger partial charge < -0.3 is 10.1 Å². The maximum atomic E-state index is 12.5. The summed E-state index contributed by atoms with van der Waals surface area (Å²) in [5.74, 6) is 0.123. The van der Waals surface area contributed by atoms with E-state index in [1.165, 1.54) is 24.9 Å². The quantitative estimate of drug-likeness (QED) is 0.869. The van der Waals surface area contributed by atoms with Gasteiger partial charge >= 0.3 is 5.97 Å². The molecule has 2 fully saturated rings. The van der Waals surface area contributed by atoms with Crippen molar-refractivity contribution in [2.45, 2.75) is 19.0 Å². The number of rotatable bonds is 3. The summed E-state index contributed by atoms with van der Waals surface area (Å²) in [5, 5.41) is 5.51. The van der Waals surface area contributed by atoms with Crippen molar-refractivity contribution in [2.24, 2.45) is 5.92 Å². The molecule has 2 aliphatic heterocycles. The fourth-order valence-corrected chi connectivity index (χ4v) is 4.38. The first-order chi connectivity index (χ1) is 11.2. The number of nitrogens with zero attached hydrogens (tertiary/aromatic N) is 2. The van der Waals surface area contributed by atoms with Crippen LogP contribution in [0.4, 0.5) is 0 Å². The fraction of sp³-hybridized carbons (Fsp3) is 0.438. The van der Waals surface area contributed by atoms with Crippen LogP contribution in [0.15, 0.2) is 17.6 Å². The van der Waals surface area contributed by atoms with Crippen LogP contribution < -0.4 is 5.32 Å². The Morgan fingerprint density at radius 1 is 1.48 bits per heavy atom. The second kappa shape index (κ2) is 5.58. The van der Waals surface area contributed by atoms with Crippen molar-refractivity contribution >= 4 is 33.3 Å². The third-order valence-corrected chi connectivity index (χ3v) is 5.64. The molecule has 0 radical (unpaired) electrons. The highest BCUT2D eigenvalue weighted by molar-refractivity contribution is 7.17. The Labute approximate surface area is 137 Å². The van der Waals surface area contributed by atoms with Crippen LogP contribution in [-0.2, 0) is 4.74 Å². The molecular weight excluding hydrogens is 314 g/mol. The topological polar surface area (TPSA) is 71.5 Å². The van der Waals surface area contributed by atoms with E-state index in [0.717, 1.165) is 29.6 Å². The van der Waals surface area contributed by atoms with Crippen LogP contribution >= 0.6 is 11.3 Å². The number of hydrogen-bond acceptors (Lipinski definition) is 6. The van der Waals surface area contributed by atoms with Crippen molar-refractivity contribution in [3.63, 3.8) is 0 Å². The van der Waals surface area contributed by atoms with Gasteiger partial charge in [0.2, 0.25) is 0 Å². The Morgan fingerprint density at radius 2 is 2.35 bits per heavy atom. The van der Waals surface area contributed by atoms with Crippen LogP contribution in [0.5, 0.6) is 0 Å². The van der Waals surface area contributed by atoms with Crippen molar-refractivity contribution in [1.82, 2.24) is 15.2 Å². The number of amides is 1. The molecule has 1 amide bonds. The zero-order valence-corrected chi connectivity index (χ0v) is 13.6. The second-order valence-corrected chi connectivity index (χ2v) is 6.99. The number of pyridine rings is 1. The average Bonchev–Trinajstić information content (AvgIpc) is 3.28. The Balaban J connectivity index is 1.58. The molecule has 6 nitrogen and oxygen atoms in total. The number of aromatic nitrogens is 1. The smallest absolute Gasteiger partial charge is 0.339 e. The van der Waals surface area contributed by atoms with Gasteiger partial charge in [0.1, 0.15) is 5.69 Å². The van der Waals surface area contributed by atoms with E-state index in [-0.39, 0.29) is 12.1 Å². The van der Waals surface area contributed by atoms with Gasteiger partial charge in [-0.05, 0) is 24.8 Å². The summed E-state index contributed by atoms with van der Waals surface area (Å²) in [6.45, 7) is 2.13. The van der Waals surface area contributed by atoms with E-state index in [0.29, 0.717) is 17.2 Å². The van der Waals surface area contributed by atoms with Crippen molar-refractivity contribution < 1.29 is 14.3 Å². The zero-order chi connectivity index (χ0) is 16.0. The Hall–Kier alpha value is -1.99. The highest BCUT2D eigenvalue weighted by Crippen LogP contribution is 2.31. The van der Waals surface area contributed by atoms with E-state index >= 15 is 0 Å². The molecule has 2 aliphatic rings. The number of nitrogens with one attached hydrogen (secondary N) is 1. The summed E-state index contributed by atoms with van der Waals surface area (Å²) in [7, 11) is 1.35. The lowest BCUT2D eigenvalue weighted by atomic mass is 10.0. The minimum absolute atomic E-state index is 0.112. The molecule has 120 valence electrons. The zero-order valence-electron chi connectivity index (χ0n) is 12.7. The van der Waals surface area contributed by atoms with Crippen LogP contribution in [0.2, 0.25) is 0 Å². The lowest BCUT2D eigenvalue weighted by molar-refractivity contribution is 0.0603. The minimum Gasteiger partial charge on any atom is -0.465 e. The number of carbonyl (C=O) groups is 2. The molecule has 2 aromatic rings. The summed E-state index contributed by atoms with van der Waals surface area (Å²) in [4.78, 5) is 30.8. The Morgan fingerprint density at radius 3 is 3.04 bits per heavy atom. The molecule has 2 bridgehead atoms.